The molecule has 2 rings (SSSR count). The second kappa shape index (κ2) is 5.04. The van der Waals surface area contributed by atoms with E-state index in [4.69, 9.17) is 0 Å². The van der Waals surface area contributed by atoms with Gasteiger partial charge in [0.05, 0.1) is 6.54 Å². The normalized spacial score (nSPS) is 28.4. The van der Waals surface area contributed by atoms with Crippen molar-refractivity contribution in [3.8, 4) is 0 Å². The first-order valence-corrected chi connectivity index (χ1v) is 6.32. The van der Waals surface area contributed by atoms with Crippen molar-refractivity contribution >= 4 is 11.9 Å². The van der Waals surface area contributed by atoms with Crippen molar-refractivity contribution in [1.82, 2.24) is 9.80 Å². The number of likely N-dealkylation sites (N-methyl/N-ethyl adjacent to an activating group) is 1. The fraction of sp³-hybridized carbons (Fsp3) is 0.833. The van der Waals surface area contributed by atoms with E-state index < -0.39 is 12.0 Å². The number of hydrogen-bond acceptors (Lipinski definition) is 3. The third-order valence-electron chi connectivity index (χ3n) is 3.92. The molecule has 1 amide bonds. The van der Waals surface area contributed by atoms with Gasteiger partial charge in [-0.25, -0.2) is 0 Å². The molecule has 1 aliphatic heterocycles. The lowest BCUT2D eigenvalue weighted by Gasteiger charge is -2.43. The van der Waals surface area contributed by atoms with E-state index in [2.05, 4.69) is 0 Å². The average molecular weight is 240 g/mol. The molecular formula is C12H20N2O3. The molecule has 17 heavy (non-hydrogen) atoms. The SMILES string of the molecule is CN1CC(C(=O)O)N(C2CCCCC2)CC1=O. The Bertz CT molecular complexity index is 313. The molecule has 1 saturated heterocycles. The van der Waals surface area contributed by atoms with Gasteiger partial charge in [-0.2, -0.15) is 0 Å². The number of amides is 1. The monoisotopic (exact) mass is 240 g/mol. The number of carboxylic acid groups (broad SMARTS) is 1. The average Bonchev–Trinajstić information content (AvgIpc) is 2.33. The van der Waals surface area contributed by atoms with Crippen molar-refractivity contribution in [3.63, 3.8) is 0 Å². The Morgan fingerprint density at radius 2 is 1.94 bits per heavy atom. The summed E-state index contributed by atoms with van der Waals surface area (Å²) in [5.41, 5.74) is 0. The van der Waals surface area contributed by atoms with E-state index in [0.717, 1.165) is 25.7 Å². The van der Waals surface area contributed by atoms with Crippen LogP contribution in [0, 0.1) is 0 Å². The quantitative estimate of drug-likeness (QED) is 0.765. The van der Waals surface area contributed by atoms with Gasteiger partial charge in [-0.1, -0.05) is 19.3 Å². The molecule has 5 nitrogen and oxygen atoms in total. The summed E-state index contributed by atoms with van der Waals surface area (Å²) in [6.07, 6.45) is 5.59. The van der Waals surface area contributed by atoms with Crippen LogP contribution in [0.25, 0.3) is 0 Å². The van der Waals surface area contributed by atoms with Crippen molar-refractivity contribution < 1.29 is 14.7 Å². The maximum atomic E-state index is 11.7. The van der Waals surface area contributed by atoms with Gasteiger partial charge in [0.25, 0.3) is 0 Å². The predicted octanol–water partition coefficient (Wildman–Crippen LogP) is 0.546. The van der Waals surface area contributed by atoms with Gasteiger partial charge in [-0.3, -0.25) is 14.5 Å². The van der Waals surface area contributed by atoms with Crippen LogP contribution in [0.2, 0.25) is 0 Å². The van der Waals surface area contributed by atoms with Gasteiger partial charge in [0.2, 0.25) is 5.91 Å². The second-order valence-electron chi connectivity index (χ2n) is 5.09. The van der Waals surface area contributed by atoms with Gasteiger partial charge in [0, 0.05) is 19.6 Å². The first kappa shape index (κ1) is 12.4. The van der Waals surface area contributed by atoms with E-state index in [0.29, 0.717) is 6.54 Å². The standard InChI is InChI=1S/C12H20N2O3/c1-13-7-10(12(16)17)14(8-11(13)15)9-5-3-2-4-6-9/h9-10H,2-8H2,1H3,(H,16,17). The smallest absolute Gasteiger partial charge is 0.322 e. The maximum absolute atomic E-state index is 11.7. The van der Waals surface area contributed by atoms with Crippen LogP contribution in [-0.4, -0.2) is 59.0 Å². The third kappa shape index (κ3) is 2.60. The van der Waals surface area contributed by atoms with Crippen molar-refractivity contribution in [2.24, 2.45) is 0 Å². The van der Waals surface area contributed by atoms with E-state index in [1.54, 1.807) is 7.05 Å². The fourth-order valence-corrected chi connectivity index (χ4v) is 2.87. The third-order valence-corrected chi connectivity index (χ3v) is 3.92. The summed E-state index contributed by atoms with van der Waals surface area (Å²) < 4.78 is 0. The molecule has 2 fully saturated rings. The van der Waals surface area contributed by atoms with E-state index in [9.17, 15) is 14.7 Å². The van der Waals surface area contributed by atoms with Crippen LogP contribution in [-0.2, 0) is 9.59 Å². The van der Waals surface area contributed by atoms with E-state index >= 15 is 0 Å². The molecule has 2 aliphatic rings. The molecule has 0 bridgehead atoms. The number of carbonyl (C=O) groups is 2. The molecule has 1 heterocycles. The van der Waals surface area contributed by atoms with E-state index in [-0.39, 0.29) is 18.5 Å². The fourth-order valence-electron chi connectivity index (χ4n) is 2.87. The largest absolute Gasteiger partial charge is 0.480 e. The van der Waals surface area contributed by atoms with Crippen molar-refractivity contribution in [2.75, 3.05) is 20.1 Å². The number of carboxylic acids is 1. The summed E-state index contributed by atoms with van der Waals surface area (Å²) in [5.74, 6) is -0.775. The zero-order valence-corrected chi connectivity index (χ0v) is 10.3. The highest BCUT2D eigenvalue weighted by atomic mass is 16.4. The minimum absolute atomic E-state index is 0.0353. The molecule has 1 atom stereocenters. The highest BCUT2D eigenvalue weighted by Gasteiger charge is 2.38. The van der Waals surface area contributed by atoms with E-state index in [1.807, 2.05) is 4.90 Å². The van der Waals surface area contributed by atoms with Gasteiger partial charge in [0.1, 0.15) is 6.04 Å². The number of nitrogens with zero attached hydrogens (tertiary/aromatic N) is 2. The number of piperazine rings is 1. The van der Waals surface area contributed by atoms with Gasteiger partial charge < -0.3 is 10.0 Å². The minimum Gasteiger partial charge on any atom is -0.480 e. The summed E-state index contributed by atoms with van der Waals surface area (Å²) in [4.78, 5) is 26.4. The molecule has 0 aromatic carbocycles. The van der Waals surface area contributed by atoms with Crippen LogP contribution in [0.1, 0.15) is 32.1 Å². The molecule has 0 radical (unpaired) electrons. The first-order valence-electron chi connectivity index (χ1n) is 6.32. The first-order chi connectivity index (χ1) is 8.09. The summed E-state index contributed by atoms with van der Waals surface area (Å²) in [7, 11) is 1.68. The molecule has 1 unspecified atom stereocenters. The molecular weight excluding hydrogens is 220 g/mol. The lowest BCUT2D eigenvalue weighted by atomic mass is 9.92. The molecule has 1 aliphatic carbocycles. The Morgan fingerprint density at radius 3 is 2.53 bits per heavy atom. The van der Waals surface area contributed by atoms with Crippen LogP contribution in [0.3, 0.4) is 0 Å². The van der Waals surface area contributed by atoms with Gasteiger partial charge in [-0.05, 0) is 12.8 Å². The van der Waals surface area contributed by atoms with Crippen molar-refractivity contribution in [2.45, 2.75) is 44.2 Å². The molecule has 0 aromatic heterocycles. The van der Waals surface area contributed by atoms with Crippen LogP contribution in [0.5, 0.6) is 0 Å². The van der Waals surface area contributed by atoms with Gasteiger partial charge in [-0.15, -0.1) is 0 Å². The molecule has 1 saturated carbocycles. The molecule has 1 N–H and O–H groups in total. The zero-order valence-electron chi connectivity index (χ0n) is 10.3. The van der Waals surface area contributed by atoms with Crippen LogP contribution < -0.4 is 0 Å². The summed E-state index contributed by atoms with van der Waals surface area (Å²) in [6, 6.07) is -0.247. The Kier molecular flexibility index (Phi) is 3.66. The molecule has 0 spiro atoms. The highest BCUT2D eigenvalue weighted by Crippen LogP contribution is 2.26. The Balaban J connectivity index is 2.10. The minimum atomic E-state index is -0.810. The van der Waals surface area contributed by atoms with Gasteiger partial charge in [0.15, 0.2) is 0 Å². The number of carbonyl (C=O) groups excluding carboxylic acids is 1. The number of rotatable bonds is 2. The summed E-state index contributed by atoms with van der Waals surface area (Å²) >= 11 is 0. The van der Waals surface area contributed by atoms with E-state index in [1.165, 1.54) is 11.3 Å². The highest BCUT2D eigenvalue weighted by molar-refractivity contribution is 5.83. The van der Waals surface area contributed by atoms with Crippen LogP contribution in [0.4, 0.5) is 0 Å². The molecule has 0 aromatic rings. The summed E-state index contributed by atoms with van der Waals surface area (Å²) in [6.45, 7) is 0.572. The lowest BCUT2D eigenvalue weighted by Crippen LogP contribution is -2.61. The van der Waals surface area contributed by atoms with Crippen molar-refractivity contribution in [3.05, 3.63) is 0 Å². The van der Waals surface area contributed by atoms with Gasteiger partial charge >= 0.3 is 5.97 Å². The lowest BCUT2D eigenvalue weighted by molar-refractivity contribution is -0.153. The maximum Gasteiger partial charge on any atom is 0.322 e. The van der Waals surface area contributed by atoms with Crippen molar-refractivity contribution in [1.29, 1.82) is 0 Å². The van der Waals surface area contributed by atoms with Crippen LogP contribution in [0.15, 0.2) is 0 Å². The molecule has 5 heteroatoms. The van der Waals surface area contributed by atoms with Crippen LogP contribution >= 0.6 is 0 Å². The molecule has 96 valence electrons. The predicted molar refractivity (Wildman–Crippen MR) is 62.6 cm³/mol. The Hall–Kier alpha value is -1.10. The Morgan fingerprint density at radius 1 is 1.29 bits per heavy atom. The number of aliphatic carboxylic acids is 1. The number of hydrogen-bond donors (Lipinski definition) is 1. The topological polar surface area (TPSA) is 60.9 Å². The summed E-state index contributed by atoms with van der Waals surface area (Å²) in [5, 5.41) is 9.26. The second-order valence-corrected chi connectivity index (χ2v) is 5.09. The Labute approximate surface area is 101 Å². The zero-order chi connectivity index (χ0) is 12.4.